The van der Waals surface area contributed by atoms with Crippen molar-refractivity contribution in [3.63, 3.8) is 0 Å². The second-order valence-corrected chi connectivity index (χ2v) is 6.58. The molecule has 0 unspecified atom stereocenters. The highest BCUT2D eigenvalue weighted by atomic mass is 32.1. The molecule has 1 aliphatic rings. The van der Waals surface area contributed by atoms with Crippen molar-refractivity contribution in [2.45, 2.75) is 6.54 Å². The van der Waals surface area contributed by atoms with Gasteiger partial charge in [-0.2, -0.15) is 0 Å². The molecule has 1 aromatic heterocycles. The molecule has 0 atom stereocenters. The predicted molar refractivity (Wildman–Crippen MR) is 96.4 cm³/mol. The Morgan fingerprint density at radius 2 is 1.76 bits per heavy atom. The number of morpholine rings is 1. The van der Waals surface area contributed by atoms with Crippen LogP contribution in [0.5, 0.6) is 17.2 Å². The molecule has 7 nitrogen and oxygen atoms in total. The fourth-order valence-corrected chi connectivity index (χ4v) is 3.51. The summed E-state index contributed by atoms with van der Waals surface area (Å²) in [5.41, 5.74) is 4.34. The van der Waals surface area contributed by atoms with E-state index in [-0.39, 0.29) is 0 Å². The van der Waals surface area contributed by atoms with Crippen molar-refractivity contribution in [3.05, 3.63) is 23.3 Å². The summed E-state index contributed by atoms with van der Waals surface area (Å²) >= 11 is 1.63. The molecule has 1 saturated heterocycles. The molecule has 1 aliphatic heterocycles. The smallest absolute Gasteiger partial charge is 0.164 e. The molecule has 1 fully saturated rings. The number of ether oxygens (including phenoxy) is 4. The second-order valence-electron chi connectivity index (χ2n) is 5.46. The van der Waals surface area contributed by atoms with Gasteiger partial charge in [-0.3, -0.25) is 0 Å². The van der Waals surface area contributed by atoms with E-state index < -0.39 is 0 Å². The van der Waals surface area contributed by atoms with Crippen molar-refractivity contribution in [3.8, 4) is 27.7 Å². The highest BCUT2D eigenvalue weighted by molar-refractivity contribution is 7.15. The van der Waals surface area contributed by atoms with Crippen LogP contribution < -0.4 is 19.6 Å². The Morgan fingerprint density at radius 1 is 1.08 bits per heavy atom. The van der Waals surface area contributed by atoms with Crippen molar-refractivity contribution in [1.82, 2.24) is 15.4 Å². The Labute approximate surface area is 151 Å². The third-order valence-corrected chi connectivity index (χ3v) is 5.02. The van der Waals surface area contributed by atoms with Gasteiger partial charge < -0.3 is 18.9 Å². The second kappa shape index (κ2) is 8.48. The average molecular weight is 365 g/mol. The normalized spacial score (nSPS) is 15.2. The van der Waals surface area contributed by atoms with Gasteiger partial charge in [0.1, 0.15) is 10.8 Å². The number of nitrogens with zero attached hydrogens (tertiary/aromatic N) is 2. The van der Waals surface area contributed by atoms with Gasteiger partial charge in [0.25, 0.3) is 0 Å². The summed E-state index contributed by atoms with van der Waals surface area (Å²) in [6.45, 7) is 4.00. The zero-order valence-corrected chi connectivity index (χ0v) is 15.5. The monoisotopic (exact) mass is 365 g/mol. The number of hydrogen-bond acceptors (Lipinski definition) is 8. The van der Waals surface area contributed by atoms with Crippen LogP contribution in [0.25, 0.3) is 10.4 Å². The maximum absolute atomic E-state index is 5.51. The molecule has 0 aliphatic carbocycles. The maximum Gasteiger partial charge on any atom is 0.164 e. The number of benzene rings is 1. The topological polar surface area (TPSA) is 65.1 Å². The van der Waals surface area contributed by atoms with E-state index in [0.29, 0.717) is 18.0 Å². The Kier molecular flexibility index (Phi) is 6.09. The van der Waals surface area contributed by atoms with Crippen LogP contribution in [0.15, 0.2) is 18.3 Å². The first-order chi connectivity index (χ1) is 12.2. The number of rotatable bonds is 7. The quantitative estimate of drug-likeness (QED) is 0.807. The number of hydrazine groups is 1. The highest BCUT2D eigenvalue weighted by Gasteiger charge is 2.16. The Hall–Kier alpha value is -1.87. The largest absolute Gasteiger partial charge is 0.496 e. The van der Waals surface area contributed by atoms with Crippen LogP contribution in [0.4, 0.5) is 0 Å². The molecule has 0 amide bonds. The number of hydrogen-bond donors (Lipinski definition) is 1. The molecule has 25 heavy (non-hydrogen) atoms. The average Bonchev–Trinajstić information content (AvgIpc) is 3.14. The van der Waals surface area contributed by atoms with Crippen LogP contribution >= 0.6 is 11.3 Å². The van der Waals surface area contributed by atoms with Gasteiger partial charge in [-0.05, 0) is 6.07 Å². The molecule has 0 saturated carbocycles. The zero-order valence-electron chi connectivity index (χ0n) is 14.7. The summed E-state index contributed by atoms with van der Waals surface area (Å²) in [6.07, 6.45) is 1.87. The minimum absolute atomic E-state index is 0.641. The van der Waals surface area contributed by atoms with Crippen LogP contribution in [0.1, 0.15) is 5.01 Å². The summed E-state index contributed by atoms with van der Waals surface area (Å²) in [5, 5.41) is 3.18. The van der Waals surface area contributed by atoms with Gasteiger partial charge in [-0.15, -0.1) is 11.3 Å². The summed E-state index contributed by atoms with van der Waals surface area (Å²) in [7, 11) is 4.88. The van der Waals surface area contributed by atoms with Crippen LogP contribution in [0.2, 0.25) is 0 Å². The molecule has 2 aromatic rings. The standard InChI is InChI=1S/C17H23N3O4S/c1-21-13-9-15(23-3)14(22-2)8-12(13)16-10-18-17(25-16)11-19-20-4-6-24-7-5-20/h8-10,19H,4-7,11H2,1-3H3. The van der Waals surface area contributed by atoms with Gasteiger partial charge in [0.2, 0.25) is 0 Å². The van der Waals surface area contributed by atoms with Gasteiger partial charge in [0.05, 0.1) is 46.0 Å². The number of thiazole rings is 1. The molecular weight excluding hydrogens is 342 g/mol. The van der Waals surface area contributed by atoms with E-state index >= 15 is 0 Å². The molecule has 0 radical (unpaired) electrons. The fourth-order valence-electron chi connectivity index (χ4n) is 2.64. The summed E-state index contributed by atoms with van der Waals surface area (Å²) in [4.78, 5) is 5.55. The Bertz CT molecular complexity index is 701. The van der Waals surface area contributed by atoms with E-state index in [4.69, 9.17) is 18.9 Å². The maximum atomic E-state index is 5.51. The van der Waals surface area contributed by atoms with Crippen LogP contribution in [0, 0.1) is 0 Å². The lowest BCUT2D eigenvalue weighted by atomic mass is 10.1. The molecule has 0 bridgehead atoms. The van der Waals surface area contributed by atoms with Gasteiger partial charge >= 0.3 is 0 Å². The third kappa shape index (κ3) is 4.21. The summed E-state index contributed by atoms with van der Waals surface area (Å²) < 4.78 is 21.6. The van der Waals surface area contributed by atoms with E-state index in [1.54, 1.807) is 32.7 Å². The lowest BCUT2D eigenvalue weighted by Gasteiger charge is -2.26. The third-order valence-electron chi connectivity index (χ3n) is 3.99. The molecule has 1 N–H and O–H groups in total. The minimum atomic E-state index is 0.641. The molecule has 2 heterocycles. The molecule has 1 aromatic carbocycles. The van der Waals surface area contributed by atoms with Crippen molar-refractivity contribution in [1.29, 1.82) is 0 Å². The van der Waals surface area contributed by atoms with Crippen LogP contribution in [-0.2, 0) is 11.3 Å². The first-order valence-electron chi connectivity index (χ1n) is 8.06. The highest BCUT2D eigenvalue weighted by Crippen LogP contribution is 2.41. The van der Waals surface area contributed by atoms with Crippen molar-refractivity contribution in [2.24, 2.45) is 0 Å². The van der Waals surface area contributed by atoms with Crippen LogP contribution in [-0.4, -0.2) is 57.6 Å². The lowest BCUT2D eigenvalue weighted by Crippen LogP contribution is -2.45. The molecule has 3 rings (SSSR count). The van der Waals surface area contributed by atoms with E-state index in [1.807, 2.05) is 18.3 Å². The van der Waals surface area contributed by atoms with Gasteiger partial charge in [-0.25, -0.2) is 15.4 Å². The Morgan fingerprint density at radius 3 is 2.44 bits per heavy atom. The summed E-state index contributed by atoms with van der Waals surface area (Å²) in [5.74, 6) is 2.04. The number of nitrogens with one attached hydrogen (secondary N) is 1. The van der Waals surface area contributed by atoms with E-state index in [1.165, 1.54) is 0 Å². The van der Waals surface area contributed by atoms with Gasteiger partial charge in [0, 0.05) is 30.9 Å². The molecular formula is C17H23N3O4S. The minimum Gasteiger partial charge on any atom is -0.496 e. The molecule has 0 spiro atoms. The van der Waals surface area contributed by atoms with Crippen LogP contribution in [0.3, 0.4) is 0 Å². The zero-order chi connectivity index (χ0) is 17.6. The fraction of sp³-hybridized carbons (Fsp3) is 0.471. The predicted octanol–water partition coefficient (Wildman–Crippen LogP) is 2.17. The van der Waals surface area contributed by atoms with E-state index in [2.05, 4.69) is 15.4 Å². The summed E-state index contributed by atoms with van der Waals surface area (Å²) in [6, 6.07) is 3.75. The van der Waals surface area contributed by atoms with E-state index in [0.717, 1.165) is 47.5 Å². The number of methoxy groups -OCH3 is 3. The van der Waals surface area contributed by atoms with Crippen molar-refractivity contribution in [2.75, 3.05) is 47.6 Å². The first kappa shape index (κ1) is 17.9. The number of aromatic nitrogens is 1. The van der Waals surface area contributed by atoms with E-state index in [9.17, 15) is 0 Å². The Balaban J connectivity index is 1.76. The molecule has 8 heteroatoms. The first-order valence-corrected chi connectivity index (χ1v) is 8.88. The van der Waals surface area contributed by atoms with Gasteiger partial charge in [0.15, 0.2) is 11.5 Å². The molecule has 136 valence electrons. The van der Waals surface area contributed by atoms with Gasteiger partial charge in [-0.1, -0.05) is 0 Å². The lowest BCUT2D eigenvalue weighted by molar-refractivity contribution is 0.0105. The van der Waals surface area contributed by atoms with Crippen molar-refractivity contribution >= 4 is 11.3 Å². The SMILES string of the molecule is COc1cc(OC)c(-c2cnc(CNN3CCOCC3)s2)cc1OC. The van der Waals surface area contributed by atoms with Crippen molar-refractivity contribution < 1.29 is 18.9 Å².